The normalized spacial score (nSPS) is 44.3. The Hall–Kier alpha value is -1.85. The second kappa shape index (κ2) is 10.9. The Morgan fingerprint density at radius 3 is 2.18 bits per heavy atom. The molecule has 2 N–H and O–H groups in total. The third-order valence-corrected chi connectivity index (χ3v) is 15.4. The number of nitrogens with one attached hydrogen (secondary N) is 1. The second-order valence-electron chi connectivity index (χ2n) is 18.1. The number of aliphatic carboxylic acids is 1. The number of carbonyl (C=O) groups is 3. The number of esters is 1. The lowest BCUT2D eigenvalue weighted by Gasteiger charge is -2.73. The highest BCUT2D eigenvalue weighted by atomic mass is 16.5. The van der Waals surface area contributed by atoms with Gasteiger partial charge in [0.1, 0.15) is 6.10 Å². The van der Waals surface area contributed by atoms with E-state index < -0.39 is 11.4 Å². The van der Waals surface area contributed by atoms with Gasteiger partial charge in [-0.2, -0.15) is 0 Å². The lowest BCUT2D eigenvalue weighted by molar-refractivity contribution is -0.250. The lowest BCUT2D eigenvalue weighted by Crippen LogP contribution is -2.67. The maximum Gasteiger partial charge on any atom is 0.309 e. The van der Waals surface area contributed by atoms with Crippen LogP contribution in [0.5, 0.6) is 0 Å². The Kier molecular flexibility index (Phi) is 8.27. The van der Waals surface area contributed by atoms with E-state index in [1.807, 2.05) is 0 Å². The number of allylic oxidation sites excluding steroid dienone is 1. The van der Waals surface area contributed by atoms with E-state index in [1.54, 1.807) is 20.9 Å². The Morgan fingerprint density at radius 2 is 1.57 bits per heavy atom. The summed E-state index contributed by atoms with van der Waals surface area (Å²) in [6.45, 7) is 22.3. The molecule has 0 aromatic carbocycles. The van der Waals surface area contributed by atoms with Crippen LogP contribution in [0.25, 0.3) is 0 Å². The predicted octanol–water partition coefficient (Wildman–Crippen LogP) is 8.19. The zero-order valence-electron chi connectivity index (χ0n) is 29.2. The van der Waals surface area contributed by atoms with Gasteiger partial charge in [0, 0.05) is 18.9 Å². The first-order chi connectivity index (χ1) is 20.3. The molecule has 0 aromatic rings. The van der Waals surface area contributed by atoms with E-state index in [9.17, 15) is 19.5 Å². The molecule has 5 aliphatic carbocycles. The molecule has 6 heteroatoms. The summed E-state index contributed by atoms with van der Waals surface area (Å²) >= 11 is 0. The highest BCUT2D eigenvalue weighted by molar-refractivity contribution is 5.81. The third kappa shape index (κ3) is 4.81. The summed E-state index contributed by atoms with van der Waals surface area (Å²) in [5.41, 5.74) is 0.683. The maximum atomic E-state index is 13.0. The summed E-state index contributed by atoms with van der Waals surface area (Å²) in [6, 6.07) is 0. The van der Waals surface area contributed by atoms with Gasteiger partial charge in [0.15, 0.2) is 0 Å². The minimum atomic E-state index is -1.13. The van der Waals surface area contributed by atoms with E-state index in [1.165, 1.54) is 37.7 Å². The summed E-state index contributed by atoms with van der Waals surface area (Å²) in [7, 11) is 1.78. The maximum absolute atomic E-state index is 13.0. The molecule has 1 amide bonds. The summed E-state index contributed by atoms with van der Waals surface area (Å²) < 4.78 is 6.14. The molecule has 0 unspecified atom stereocenters. The minimum absolute atomic E-state index is 0.0946. The Balaban J connectivity index is 1.42. The molecule has 0 heterocycles. The summed E-state index contributed by atoms with van der Waals surface area (Å²) in [5, 5.41) is 12.5. The Bertz CT molecular complexity index is 1210. The van der Waals surface area contributed by atoms with Crippen molar-refractivity contribution >= 4 is 17.8 Å². The van der Waals surface area contributed by atoms with Crippen molar-refractivity contribution < 1.29 is 24.2 Å². The average Bonchev–Trinajstić information content (AvgIpc) is 3.30. The first-order valence-corrected chi connectivity index (χ1v) is 17.6. The second-order valence-corrected chi connectivity index (χ2v) is 18.1. The fraction of sp³-hybridized carbons (Fsp3) is 0.868. The van der Waals surface area contributed by atoms with Crippen molar-refractivity contribution in [3.63, 3.8) is 0 Å². The largest absolute Gasteiger partial charge is 0.481 e. The van der Waals surface area contributed by atoms with Gasteiger partial charge in [-0.3, -0.25) is 14.4 Å². The highest BCUT2D eigenvalue weighted by Crippen LogP contribution is 2.78. The molecule has 0 bridgehead atoms. The molecule has 0 saturated heterocycles. The molecular weight excluding hydrogens is 550 g/mol. The molecule has 5 aliphatic rings. The smallest absolute Gasteiger partial charge is 0.309 e. The zero-order chi connectivity index (χ0) is 32.7. The molecule has 0 aliphatic heterocycles. The molecule has 5 saturated carbocycles. The fourth-order valence-electron chi connectivity index (χ4n) is 12.8. The van der Waals surface area contributed by atoms with E-state index in [-0.39, 0.29) is 51.5 Å². The molecular formula is C38H61NO5. The molecule has 44 heavy (non-hydrogen) atoms. The number of fused-ring (bicyclic) bond motifs is 7. The quantitative estimate of drug-likeness (QED) is 0.224. The Morgan fingerprint density at radius 1 is 0.886 bits per heavy atom. The first-order valence-electron chi connectivity index (χ1n) is 17.6. The zero-order valence-corrected chi connectivity index (χ0v) is 29.2. The number of carbonyl (C=O) groups excluding carboxylic acids is 2. The van der Waals surface area contributed by atoms with Crippen molar-refractivity contribution in [1.29, 1.82) is 0 Å². The van der Waals surface area contributed by atoms with E-state index in [0.717, 1.165) is 32.1 Å². The van der Waals surface area contributed by atoms with Crippen molar-refractivity contribution in [2.24, 2.45) is 62.1 Å². The number of hydrogen-bond donors (Lipinski definition) is 2. The van der Waals surface area contributed by atoms with Crippen LogP contribution < -0.4 is 5.32 Å². The van der Waals surface area contributed by atoms with Crippen molar-refractivity contribution in [3.05, 3.63) is 12.2 Å². The summed E-state index contributed by atoms with van der Waals surface area (Å²) in [5.74, 6) is 1.52. The lowest BCUT2D eigenvalue weighted by atomic mass is 9.32. The predicted molar refractivity (Wildman–Crippen MR) is 174 cm³/mol. The number of rotatable bonds is 7. The van der Waals surface area contributed by atoms with E-state index >= 15 is 0 Å². The van der Waals surface area contributed by atoms with Gasteiger partial charge in [0.25, 0.3) is 0 Å². The first kappa shape index (κ1) is 33.5. The van der Waals surface area contributed by atoms with Gasteiger partial charge in [-0.25, -0.2) is 0 Å². The van der Waals surface area contributed by atoms with Gasteiger partial charge in [0.2, 0.25) is 5.91 Å². The van der Waals surface area contributed by atoms with Crippen LogP contribution in [0.15, 0.2) is 12.2 Å². The highest BCUT2D eigenvalue weighted by Gasteiger charge is 2.71. The van der Waals surface area contributed by atoms with E-state index in [2.05, 4.69) is 53.4 Å². The van der Waals surface area contributed by atoms with Crippen molar-refractivity contribution in [1.82, 2.24) is 5.32 Å². The number of ether oxygens (including phenoxy) is 1. The van der Waals surface area contributed by atoms with Crippen LogP contribution in [0.2, 0.25) is 0 Å². The molecule has 248 valence electrons. The van der Waals surface area contributed by atoms with E-state index in [4.69, 9.17) is 4.74 Å². The summed E-state index contributed by atoms with van der Waals surface area (Å²) in [6.07, 6.45) is 11.7. The van der Waals surface area contributed by atoms with Crippen LogP contribution in [0.3, 0.4) is 0 Å². The van der Waals surface area contributed by atoms with E-state index in [0.29, 0.717) is 36.0 Å². The van der Waals surface area contributed by atoms with Crippen molar-refractivity contribution in [2.75, 3.05) is 7.05 Å². The van der Waals surface area contributed by atoms with Crippen molar-refractivity contribution in [2.45, 2.75) is 139 Å². The van der Waals surface area contributed by atoms with Gasteiger partial charge < -0.3 is 15.2 Å². The van der Waals surface area contributed by atoms with Crippen LogP contribution in [-0.4, -0.2) is 36.1 Å². The minimum Gasteiger partial charge on any atom is -0.481 e. The number of amides is 1. The number of hydrogen-bond acceptors (Lipinski definition) is 4. The number of carboxylic acid groups (broad SMARTS) is 1. The molecule has 0 spiro atoms. The van der Waals surface area contributed by atoms with Gasteiger partial charge in [0.05, 0.1) is 11.8 Å². The molecule has 0 aromatic heterocycles. The van der Waals surface area contributed by atoms with Gasteiger partial charge in [-0.15, -0.1) is 0 Å². The monoisotopic (exact) mass is 611 g/mol. The molecule has 5 fully saturated rings. The van der Waals surface area contributed by atoms with Crippen LogP contribution in [-0.2, 0) is 19.1 Å². The van der Waals surface area contributed by atoms with Gasteiger partial charge >= 0.3 is 11.9 Å². The van der Waals surface area contributed by atoms with Crippen LogP contribution >= 0.6 is 0 Å². The van der Waals surface area contributed by atoms with Crippen molar-refractivity contribution in [3.8, 4) is 0 Å². The van der Waals surface area contributed by atoms with Crippen LogP contribution in [0.4, 0.5) is 0 Å². The van der Waals surface area contributed by atoms with Gasteiger partial charge in [-0.1, -0.05) is 46.8 Å². The Labute approximate surface area is 266 Å². The van der Waals surface area contributed by atoms with Crippen LogP contribution in [0.1, 0.15) is 132 Å². The standard InChI is InChI=1S/C38H61NO5/c1-23(2)24-13-18-38(21-29(40)39-10)20-19-36(8)25(31(24)38)11-12-27-35(7)16-15-28(44-30(41)22-33(3,4)32(42)43)34(5,6)26(35)14-17-37(27,36)9/h24-28,31H,1,11-22H2,2-10H3,(H,39,40)(H,42,43)/t24-,25+,26-,27+,28-,31+,35-,36+,37+,38+/m0/s1. The molecule has 0 radical (unpaired) electrons. The average molecular weight is 612 g/mol. The topological polar surface area (TPSA) is 92.7 Å². The molecule has 10 atom stereocenters. The molecule has 6 nitrogen and oxygen atoms in total. The van der Waals surface area contributed by atoms with Crippen LogP contribution in [0, 0.1) is 62.1 Å². The summed E-state index contributed by atoms with van der Waals surface area (Å²) in [4.78, 5) is 37.5. The third-order valence-electron chi connectivity index (χ3n) is 15.4. The SMILES string of the molecule is C=C(C)[C@@H]1CC[C@]2(CC(=O)NC)CC[C@]3(C)[C@H](CC[C@@H]4[C@@]5(C)CC[C@H](OC(=O)CC(C)(C)C(=O)O)C(C)(C)[C@@H]5CC[C@]43C)[C@@H]12. The van der Waals surface area contributed by atoms with Gasteiger partial charge in [-0.05, 0) is 136 Å². The number of carboxylic acids is 1. The fourth-order valence-corrected chi connectivity index (χ4v) is 12.8. The molecule has 5 rings (SSSR count).